The van der Waals surface area contributed by atoms with Gasteiger partial charge in [-0.1, -0.05) is 120 Å². The highest BCUT2D eigenvalue weighted by atomic mass is 35.5. The lowest BCUT2D eigenvalue weighted by molar-refractivity contribution is 1.02. The van der Waals surface area contributed by atoms with E-state index in [0.717, 1.165) is 77.5 Å². The lowest BCUT2D eigenvalue weighted by Gasteiger charge is -2.16. The van der Waals surface area contributed by atoms with E-state index >= 15 is 0 Å². The third kappa shape index (κ3) is 9.22. The molecule has 0 saturated heterocycles. The molecule has 0 saturated carbocycles. The Morgan fingerprint density at radius 3 is 0.857 bits per heavy atom. The van der Waals surface area contributed by atoms with Crippen molar-refractivity contribution in [1.82, 2.24) is 45.2 Å². The summed E-state index contributed by atoms with van der Waals surface area (Å²) in [5.74, 6) is 4.37. The summed E-state index contributed by atoms with van der Waals surface area (Å²) in [7, 11) is 11.8. The van der Waals surface area contributed by atoms with Gasteiger partial charge >= 0.3 is 0 Å². The van der Waals surface area contributed by atoms with E-state index in [-0.39, 0.29) is 0 Å². The van der Waals surface area contributed by atoms with E-state index in [9.17, 15) is 0 Å². The van der Waals surface area contributed by atoms with E-state index in [1.54, 1.807) is 0 Å². The molecule has 0 bridgehead atoms. The Hall–Kier alpha value is -7.18. The molecule has 0 aliphatic heterocycles. The van der Waals surface area contributed by atoms with Crippen molar-refractivity contribution in [1.29, 1.82) is 0 Å². The second-order valence-electron chi connectivity index (χ2n) is 14.9. The first-order valence-corrected chi connectivity index (χ1v) is 20.9. The summed E-state index contributed by atoms with van der Waals surface area (Å²) in [4.78, 5) is 41.4. The Kier molecular flexibility index (Phi) is 12.7. The fourth-order valence-electron chi connectivity index (χ4n) is 6.93. The number of aromatic nitrogens is 8. The SMILES string of the molecule is CN(C)c1nc(-c2ccc(-c3nc(N(C)C)c4ccccc4n3)cc2)nc2ccccc12.CNC.Clc1nc(-c2ccc(-c3nc(Cl)c4ccccc4n3)cc2)nc2ccccc12. The van der Waals surface area contributed by atoms with Crippen LogP contribution >= 0.6 is 23.2 Å². The largest absolute Gasteiger partial charge is 0.362 e. The Bertz CT molecular complexity index is 3000. The average Bonchev–Trinajstić information content (AvgIpc) is 3.31. The molecule has 0 fully saturated rings. The summed E-state index contributed by atoms with van der Waals surface area (Å²) < 4.78 is 0. The number of benzene rings is 6. The first-order valence-electron chi connectivity index (χ1n) is 20.1. The van der Waals surface area contributed by atoms with Crippen molar-refractivity contribution in [2.24, 2.45) is 0 Å². The quantitative estimate of drug-likeness (QED) is 0.161. The van der Waals surface area contributed by atoms with Gasteiger partial charge in [0.15, 0.2) is 23.3 Å². The average molecular weight is 869 g/mol. The topological polar surface area (TPSA) is 122 Å². The van der Waals surface area contributed by atoms with Gasteiger partial charge < -0.3 is 15.1 Å². The van der Waals surface area contributed by atoms with Gasteiger partial charge in [0.1, 0.15) is 21.9 Å². The number of rotatable bonds is 6. The summed E-state index contributed by atoms with van der Waals surface area (Å²) in [6.07, 6.45) is 0. The van der Waals surface area contributed by atoms with Crippen LogP contribution in [-0.4, -0.2) is 82.2 Å². The van der Waals surface area contributed by atoms with Crippen LogP contribution in [0.25, 0.3) is 89.2 Å². The van der Waals surface area contributed by atoms with Crippen molar-refractivity contribution in [3.05, 3.63) is 156 Å². The number of nitrogens with one attached hydrogen (secondary N) is 1. The molecule has 4 aromatic heterocycles. The molecule has 0 unspecified atom stereocenters. The lowest BCUT2D eigenvalue weighted by atomic mass is 10.1. The summed E-state index contributed by atoms with van der Waals surface area (Å²) >= 11 is 12.7. The first kappa shape index (κ1) is 42.5. The zero-order valence-electron chi connectivity index (χ0n) is 35.6. The highest BCUT2D eigenvalue weighted by Gasteiger charge is 2.15. The Morgan fingerprint density at radius 1 is 0.333 bits per heavy atom. The van der Waals surface area contributed by atoms with Crippen LogP contribution < -0.4 is 15.1 Å². The minimum Gasteiger partial charge on any atom is -0.362 e. The Balaban J connectivity index is 0.000000164. The van der Waals surface area contributed by atoms with E-state index in [1.165, 1.54) is 0 Å². The normalized spacial score (nSPS) is 10.9. The maximum atomic E-state index is 6.33. The fraction of sp³-hybridized carbons (Fsp3) is 0.120. The molecule has 13 heteroatoms. The van der Waals surface area contributed by atoms with Crippen molar-refractivity contribution in [3.8, 4) is 45.6 Å². The molecule has 0 aliphatic rings. The molecular formula is C50H43Cl2N11. The van der Waals surface area contributed by atoms with Gasteiger partial charge in [-0.2, -0.15) is 0 Å². The van der Waals surface area contributed by atoms with Crippen molar-refractivity contribution >= 4 is 78.4 Å². The van der Waals surface area contributed by atoms with Gasteiger partial charge in [-0.05, 0) is 62.6 Å². The lowest BCUT2D eigenvalue weighted by Crippen LogP contribution is -2.12. The van der Waals surface area contributed by atoms with Gasteiger partial charge in [0.05, 0.1) is 22.1 Å². The van der Waals surface area contributed by atoms with Gasteiger partial charge in [0, 0.05) is 72.0 Å². The number of hydrogen-bond donors (Lipinski definition) is 1. The zero-order valence-corrected chi connectivity index (χ0v) is 37.1. The van der Waals surface area contributed by atoms with Crippen LogP contribution in [0.2, 0.25) is 10.3 Å². The molecule has 10 aromatic rings. The Morgan fingerprint density at radius 2 is 0.571 bits per heavy atom. The first-order chi connectivity index (χ1) is 30.6. The standard InChI is InChI=1S/C26H24N6.C22H12Cl2N4.C2H7N/c1-31(2)25-19-9-5-7-11-21(19)27-23(29-25)17-13-15-18(16-14-17)24-28-22-12-8-6-10-20(22)26(30-24)32(3)4;23-19-15-5-1-3-7-17(15)25-21(27-19)13-9-11-14(12-10-13)22-26-18-8-4-2-6-16(18)20(24)28-22;1-3-2/h5-16H,1-4H3;1-12H;3H,1-2H3. The van der Waals surface area contributed by atoms with Crippen LogP contribution in [0.4, 0.5) is 11.6 Å². The van der Waals surface area contributed by atoms with Gasteiger partial charge in [0.25, 0.3) is 0 Å². The number of para-hydroxylation sites is 4. The number of anilines is 2. The second kappa shape index (κ2) is 18.8. The van der Waals surface area contributed by atoms with Crippen molar-refractivity contribution in [2.75, 3.05) is 52.1 Å². The number of nitrogens with zero attached hydrogens (tertiary/aromatic N) is 10. The van der Waals surface area contributed by atoms with Gasteiger partial charge in [-0.25, -0.2) is 39.9 Å². The summed E-state index contributed by atoms with van der Waals surface area (Å²) in [6.45, 7) is 0. The zero-order chi connectivity index (χ0) is 44.0. The van der Waals surface area contributed by atoms with E-state index in [4.69, 9.17) is 43.1 Å². The Labute approximate surface area is 375 Å². The van der Waals surface area contributed by atoms with Gasteiger partial charge in [0.2, 0.25) is 0 Å². The molecular weight excluding hydrogens is 826 g/mol. The van der Waals surface area contributed by atoms with Gasteiger partial charge in [-0.15, -0.1) is 0 Å². The minimum atomic E-state index is 0.439. The monoisotopic (exact) mass is 867 g/mol. The number of fused-ring (bicyclic) bond motifs is 4. The van der Waals surface area contributed by atoms with Crippen LogP contribution in [0.3, 0.4) is 0 Å². The van der Waals surface area contributed by atoms with Crippen molar-refractivity contribution in [3.63, 3.8) is 0 Å². The predicted octanol–water partition coefficient (Wildman–Crippen LogP) is 11.1. The molecule has 0 amide bonds. The third-order valence-electron chi connectivity index (χ3n) is 9.93. The van der Waals surface area contributed by atoms with Crippen molar-refractivity contribution in [2.45, 2.75) is 0 Å². The molecule has 312 valence electrons. The predicted molar refractivity (Wildman–Crippen MR) is 261 cm³/mol. The van der Waals surface area contributed by atoms with Crippen LogP contribution in [-0.2, 0) is 0 Å². The van der Waals surface area contributed by atoms with Crippen LogP contribution in [0, 0.1) is 0 Å². The smallest absolute Gasteiger partial charge is 0.162 e. The van der Waals surface area contributed by atoms with E-state index in [1.807, 2.05) is 186 Å². The van der Waals surface area contributed by atoms with Crippen molar-refractivity contribution < 1.29 is 0 Å². The number of hydrogen-bond acceptors (Lipinski definition) is 11. The summed E-state index contributed by atoms with van der Waals surface area (Å²) in [6, 6.07) is 47.4. The van der Waals surface area contributed by atoms with E-state index in [2.05, 4.69) is 37.4 Å². The molecule has 6 aromatic carbocycles. The second-order valence-corrected chi connectivity index (χ2v) is 15.6. The molecule has 11 nitrogen and oxygen atoms in total. The number of halogens is 2. The van der Waals surface area contributed by atoms with Gasteiger partial charge in [-0.3, -0.25) is 0 Å². The van der Waals surface area contributed by atoms with E-state index in [0.29, 0.717) is 33.6 Å². The maximum Gasteiger partial charge on any atom is 0.162 e. The minimum absolute atomic E-state index is 0.439. The molecule has 10 rings (SSSR count). The van der Waals surface area contributed by atoms with Crippen LogP contribution in [0.1, 0.15) is 0 Å². The molecule has 0 aliphatic carbocycles. The molecule has 0 spiro atoms. The summed E-state index contributed by atoms with van der Waals surface area (Å²) in [5, 5.41) is 7.38. The molecule has 1 N–H and O–H groups in total. The van der Waals surface area contributed by atoms with E-state index < -0.39 is 0 Å². The highest BCUT2D eigenvalue weighted by Crippen LogP contribution is 2.31. The third-order valence-corrected chi connectivity index (χ3v) is 10.5. The van der Waals surface area contributed by atoms with Crippen LogP contribution in [0.5, 0.6) is 0 Å². The molecule has 4 heterocycles. The highest BCUT2D eigenvalue weighted by molar-refractivity contribution is 6.34. The maximum absolute atomic E-state index is 6.33. The molecule has 63 heavy (non-hydrogen) atoms. The fourth-order valence-corrected chi connectivity index (χ4v) is 7.41. The molecule has 0 radical (unpaired) electrons. The summed E-state index contributed by atoms with van der Waals surface area (Å²) in [5.41, 5.74) is 7.12. The molecule has 0 atom stereocenters. The van der Waals surface area contributed by atoms with Crippen LogP contribution in [0.15, 0.2) is 146 Å².